The molecule has 2 nitrogen and oxygen atoms in total. The van der Waals surface area contributed by atoms with Crippen LogP contribution < -0.4 is 0 Å². The van der Waals surface area contributed by atoms with Crippen molar-refractivity contribution in [1.82, 2.24) is 4.98 Å². The molecule has 0 aliphatic heterocycles. The highest BCUT2D eigenvalue weighted by Crippen LogP contribution is 2.19. The molecule has 0 aliphatic rings. The fourth-order valence-corrected chi connectivity index (χ4v) is 1.37. The maximum absolute atomic E-state index is 9.54. The third-order valence-electron chi connectivity index (χ3n) is 2.17. The zero-order chi connectivity index (χ0) is 9.97. The maximum atomic E-state index is 9.54. The number of benzene rings is 1. The van der Waals surface area contributed by atoms with Gasteiger partial charge < -0.3 is 5.11 Å². The Morgan fingerprint density at radius 2 is 2.29 bits per heavy atom. The van der Waals surface area contributed by atoms with Gasteiger partial charge in [-0.25, -0.2) is 0 Å². The van der Waals surface area contributed by atoms with Gasteiger partial charge in [0.15, 0.2) is 0 Å². The van der Waals surface area contributed by atoms with Crippen LogP contribution in [-0.4, -0.2) is 10.1 Å². The zero-order valence-electron chi connectivity index (χ0n) is 7.64. The molecule has 1 N–H and O–H groups in total. The van der Waals surface area contributed by atoms with E-state index in [0.29, 0.717) is 0 Å². The molecule has 1 atom stereocenters. The van der Waals surface area contributed by atoms with Gasteiger partial charge in [0.25, 0.3) is 0 Å². The number of nitrogens with zero attached hydrogens (tertiary/aromatic N) is 1. The summed E-state index contributed by atoms with van der Waals surface area (Å²) in [7, 11) is 0. The van der Waals surface area contributed by atoms with Crippen LogP contribution in [0.5, 0.6) is 0 Å². The van der Waals surface area contributed by atoms with Gasteiger partial charge in [-0.3, -0.25) is 4.98 Å². The lowest BCUT2D eigenvalue weighted by molar-refractivity contribution is 0.229. The molecule has 2 aromatic rings. The normalized spacial score (nSPS) is 12.6. The molecule has 1 unspecified atom stereocenters. The number of fused-ring (bicyclic) bond motifs is 1. The molecule has 0 spiro atoms. The second kappa shape index (κ2) is 3.60. The predicted molar refractivity (Wildman–Crippen MR) is 55.7 cm³/mol. The second-order valence-corrected chi connectivity index (χ2v) is 3.10. The van der Waals surface area contributed by atoms with Gasteiger partial charge in [-0.2, -0.15) is 0 Å². The van der Waals surface area contributed by atoms with Crippen LogP contribution >= 0.6 is 0 Å². The Kier molecular flexibility index (Phi) is 2.29. The quantitative estimate of drug-likeness (QED) is 0.726. The Morgan fingerprint density at radius 1 is 1.43 bits per heavy atom. The first-order chi connectivity index (χ1) is 6.81. The molecule has 1 aromatic carbocycles. The van der Waals surface area contributed by atoms with Gasteiger partial charge in [0.1, 0.15) is 0 Å². The van der Waals surface area contributed by atoms with Crippen LogP contribution in [0.3, 0.4) is 0 Å². The number of aromatic nitrogens is 1. The first kappa shape index (κ1) is 8.91. The molecule has 0 fully saturated rings. The van der Waals surface area contributed by atoms with Crippen molar-refractivity contribution in [2.75, 3.05) is 0 Å². The molecule has 0 saturated heterocycles. The third-order valence-corrected chi connectivity index (χ3v) is 2.17. The van der Waals surface area contributed by atoms with E-state index in [0.717, 1.165) is 16.3 Å². The van der Waals surface area contributed by atoms with E-state index in [2.05, 4.69) is 17.8 Å². The molecule has 0 amide bonds. The summed E-state index contributed by atoms with van der Waals surface area (Å²) in [6.45, 7) is 3.55. The number of rotatable bonds is 2. The van der Waals surface area contributed by atoms with Crippen molar-refractivity contribution in [3.63, 3.8) is 0 Å². The summed E-state index contributed by atoms with van der Waals surface area (Å²) in [5, 5.41) is 11.6. The molecule has 0 bridgehead atoms. The van der Waals surface area contributed by atoms with Gasteiger partial charge in [-0.1, -0.05) is 18.2 Å². The van der Waals surface area contributed by atoms with E-state index in [1.807, 2.05) is 24.3 Å². The third kappa shape index (κ3) is 1.52. The average molecular weight is 184 g/mol. The number of aliphatic hydroxyl groups excluding tert-OH is 1. The molecule has 0 saturated carbocycles. The van der Waals surface area contributed by atoms with Crippen LogP contribution in [0, 0.1) is 6.20 Å². The summed E-state index contributed by atoms with van der Waals surface area (Å²) in [5.41, 5.74) is 0.834. The highest BCUT2D eigenvalue weighted by molar-refractivity contribution is 5.82. The van der Waals surface area contributed by atoms with Gasteiger partial charge in [0.05, 0.1) is 12.3 Å². The van der Waals surface area contributed by atoms with Crippen molar-refractivity contribution in [3.05, 3.63) is 54.9 Å². The first-order valence-electron chi connectivity index (χ1n) is 4.37. The van der Waals surface area contributed by atoms with Crippen LogP contribution in [0.15, 0.2) is 43.1 Å². The Morgan fingerprint density at radius 3 is 3.07 bits per heavy atom. The van der Waals surface area contributed by atoms with Crippen molar-refractivity contribution in [2.45, 2.75) is 6.10 Å². The van der Waals surface area contributed by atoms with Crippen LogP contribution in [0.2, 0.25) is 0 Å². The number of aliphatic hydroxyl groups is 1. The van der Waals surface area contributed by atoms with Gasteiger partial charge in [0, 0.05) is 11.6 Å². The summed E-state index contributed by atoms with van der Waals surface area (Å²) < 4.78 is 0. The van der Waals surface area contributed by atoms with E-state index in [1.165, 1.54) is 6.08 Å². The van der Waals surface area contributed by atoms with E-state index in [4.69, 9.17) is 0 Å². The summed E-state index contributed by atoms with van der Waals surface area (Å²) in [6.07, 6.45) is 5.39. The van der Waals surface area contributed by atoms with Crippen molar-refractivity contribution in [3.8, 4) is 0 Å². The lowest BCUT2D eigenvalue weighted by Gasteiger charge is -2.06. The van der Waals surface area contributed by atoms with Gasteiger partial charge in [-0.05, 0) is 23.1 Å². The zero-order valence-corrected chi connectivity index (χ0v) is 7.64. The molecule has 1 aromatic heterocycles. The summed E-state index contributed by atoms with van der Waals surface area (Å²) in [4.78, 5) is 3.91. The monoisotopic (exact) mass is 184 g/mol. The molecule has 1 heterocycles. The lowest BCUT2D eigenvalue weighted by Crippen LogP contribution is -1.91. The summed E-state index contributed by atoms with van der Waals surface area (Å²) in [6, 6.07) is 7.54. The van der Waals surface area contributed by atoms with Crippen molar-refractivity contribution >= 4 is 10.8 Å². The van der Waals surface area contributed by atoms with Gasteiger partial charge >= 0.3 is 0 Å². The molecular weight excluding hydrogens is 174 g/mol. The Labute approximate surface area is 82.5 Å². The number of hydrogen-bond acceptors (Lipinski definition) is 2. The van der Waals surface area contributed by atoms with Crippen molar-refractivity contribution in [1.29, 1.82) is 0 Å². The molecule has 2 heteroatoms. The number of pyridine rings is 1. The topological polar surface area (TPSA) is 33.1 Å². The molecule has 2 rings (SSSR count). The lowest BCUT2D eigenvalue weighted by atomic mass is 10.1. The Hall–Kier alpha value is -1.67. The van der Waals surface area contributed by atoms with Crippen LogP contribution in [-0.2, 0) is 0 Å². The average Bonchev–Trinajstić information content (AvgIpc) is 2.27. The highest BCUT2D eigenvalue weighted by Gasteiger charge is 2.02. The first-order valence-corrected chi connectivity index (χ1v) is 4.37. The van der Waals surface area contributed by atoms with E-state index >= 15 is 0 Å². The highest BCUT2D eigenvalue weighted by atomic mass is 16.3. The number of hydrogen-bond donors (Lipinski definition) is 1. The van der Waals surface area contributed by atoms with E-state index in [9.17, 15) is 5.11 Å². The minimum atomic E-state index is -0.608. The molecule has 69 valence electrons. The Bertz CT molecular complexity index is 465. The van der Waals surface area contributed by atoms with Crippen LogP contribution in [0.4, 0.5) is 0 Å². The maximum Gasteiger partial charge on any atom is 0.0969 e. The fourth-order valence-electron chi connectivity index (χ4n) is 1.37. The van der Waals surface area contributed by atoms with E-state index in [1.54, 1.807) is 6.20 Å². The molecular formula is C12H10NO. The van der Waals surface area contributed by atoms with Crippen LogP contribution in [0.1, 0.15) is 11.7 Å². The fraction of sp³-hybridized carbons (Fsp3) is 0.0833. The SMILES string of the molecule is C=CC(O)c1ccc2c[c]ncc2c1. The molecule has 1 radical (unpaired) electrons. The standard InChI is InChI=1S/C12H10NO/c1-2-12(14)10-4-3-9-5-6-13-8-11(9)7-10/h2-5,7-8,12,14H,1H2. The summed E-state index contributed by atoms with van der Waals surface area (Å²) >= 11 is 0. The van der Waals surface area contributed by atoms with Crippen molar-refractivity contribution < 1.29 is 5.11 Å². The summed E-state index contributed by atoms with van der Waals surface area (Å²) in [5.74, 6) is 0. The predicted octanol–water partition coefficient (Wildman–Crippen LogP) is 2.25. The molecule has 14 heavy (non-hydrogen) atoms. The van der Waals surface area contributed by atoms with E-state index < -0.39 is 6.10 Å². The van der Waals surface area contributed by atoms with Crippen molar-refractivity contribution in [2.24, 2.45) is 0 Å². The smallest absolute Gasteiger partial charge is 0.0969 e. The van der Waals surface area contributed by atoms with E-state index in [-0.39, 0.29) is 0 Å². The van der Waals surface area contributed by atoms with Crippen LogP contribution in [0.25, 0.3) is 10.8 Å². The minimum absolute atomic E-state index is 0.608. The largest absolute Gasteiger partial charge is 0.384 e. The molecule has 0 aliphatic carbocycles. The van der Waals surface area contributed by atoms with Gasteiger partial charge in [0.2, 0.25) is 0 Å². The second-order valence-electron chi connectivity index (χ2n) is 3.10. The minimum Gasteiger partial charge on any atom is -0.384 e. The van der Waals surface area contributed by atoms with Gasteiger partial charge in [-0.15, -0.1) is 6.58 Å². The Balaban J connectivity index is 2.56.